The maximum Gasteiger partial charge on any atom is 0.230 e. The first-order valence-corrected chi connectivity index (χ1v) is 9.27. The number of nitrogens with one attached hydrogen (secondary N) is 1. The summed E-state index contributed by atoms with van der Waals surface area (Å²) in [6.45, 7) is 1.92. The van der Waals surface area contributed by atoms with Crippen LogP contribution >= 0.6 is 11.8 Å². The fraction of sp³-hybridized carbons (Fsp3) is 0.500. The van der Waals surface area contributed by atoms with Crippen LogP contribution in [0.2, 0.25) is 0 Å². The number of allylic oxidation sites excluding steroid dienone is 1. The van der Waals surface area contributed by atoms with Crippen molar-refractivity contribution in [3.63, 3.8) is 0 Å². The summed E-state index contributed by atoms with van der Waals surface area (Å²) in [6, 6.07) is 5.82. The molecule has 0 aromatic heterocycles. The van der Waals surface area contributed by atoms with E-state index in [4.69, 9.17) is 9.47 Å². The van der Waals surface area contributed by atoms with Crippen LogP contribution in [0.25, 0.3) is 0 Å². The van der Waals surface area contributed by atoms with E-state index in [9.17, 15) is 4.79 Å². The maximum absolute atomic E-state index is 11.9. The molecule has 1 aromatic rings. The fourth-order valence-electron chi connectivity index (χ4n) is 2.81. The number of carbonyl (C=O) groups excluding carboxylic acids is 1. The molecule has 1 heterocycles. The molecule has 1 aliphatic heterocycles. The predicted molar refractivity (Wildman–Crippen MR) is 92.3 cm³/mol. The highest BCUT2D eigenvalue weighted by atomic mass is 32.2. The van der Waals surface area contributed by atoms with E-state index in [-0.39, 0.29) is 5.91 Å². The summed E-state index contributed by atoms with van der Waals surface area (Å²) >= 11 is 1.53. The van der Waals surface area contributed by atoms with E-state index >= 15 is 0 Å². The van der Waals surface area contributed by atoms with Crippen LogP contribution in [0.5, 0.6) is 11.5 Å². The largest absolute Gasteiger partial charge is 0.486 e. The van der Waals surface area contributed by atoms with Crippen molar-refractivity contribution >= 4 is 17.7 Å². The van der Waals surface area contributed by atoms with Crippen molar-refractivity contribution in [2.24, 2.45) is 0 Å². The van der Waals surface area contributed by atoms with Crippen LogP contribution < -0.4 is 14.8 Å². The zero-order valence-corrected chi connectivity index (χ0v) is 14.1. The Bertz CT molecular complexity index is 586. The predicted octanol–water partition coefficient (Wildman–Crippen LogP) is 3.56. The molecule has 3 rings (SSSR count). The Labute approximate surface area is 141 Å². The van der Waals surface area contributed by atoms with E-state index < -0.39 is 0 Å². The number of benzene rings is 1. The van der Waals surface area contributed by atoms with Gasteiger partial charge in [0.15, 0.2) is 11.5 Å². The quantitative estimate of drug-likeness (QED) is 0.639. The van der Waals surface area contributed by atoms with Gasteiger partial charge in [0.05, 0.1) is 5.75 Å². The standard InChI is InChI=1S/C18H23NO3S/c20-18(19-9-8-14-4-2-1-3-5-14)13-23-15-6-7-16-17(12-15)22-11-10-21-16/h4,6-7,12H,1-3,5,8-11,13H2,(H,19,20). The molecule has 124 valence electrons. The van der Waals surface area contributed by atoms with Gasteiger partial charge in [0, 0.05) is 11.4 Å². The van der Waals surface area contributed by atoms with Gasteiger partial charge in [-0.3, -0.25) is 4.79 Å². The molecule has 0 spiro atoms. The van der Waals surface area contributed by atoms with Crippen LogP contribution in [0, 0.1) is 0 Å². The van der Waals surface area contributed by atoms with E-state index in [0.717, 1.165) is 29.4 Å². The highest BCUT2D eigenvalue weighted by Crippen LogP contribution is 2.34. The number of rotatable bonds is 6. The molecule has 0 saturated carbocycles. The summed E-state index contributed by atoms with van der Waals surface area (Å²) < 4.78 is 11.1. The molecule has 1 N–H and O–H groups in total. The van der Waals surface area contributed by atoms with Gasteiger partial charge in [-0.15, -0.1) is 11.8 Å². The second kappa shape index (κ2) is 8.29. The zero-order valence-electron chi connectivity index (χ0n) is 13.3. The Morgan fingerprint density at radius 2 is 2.04 bits per heavy atom. The molecule has 2 aliphatic rings. The molecule has 23 heavy (non-hydrogen) atoms. The third kappa shape index (κ3) is 4.93. The van der Waals surface area contributed by atoms with E-state index in [1.807, 2.05) is 18.2 Å². The van der Waals surface area contributed by atoms with Gasteiger partial charge in [0.1, 0.15) is 13.2 Å². The lowest BCUT2D eigenvalue weighted by Gasteiger charge is -2.18. The van der Waals surface area contributed by atoms with Gasteiger partial charge >= 0.3 is 0 Å². The number of amides is 1. The van der Waals surface area contributed by atoms with E-state index in [2.05, 4.69) is 11.4 Å². The van der Waals surface area contributed by atoms with Crippen molar-refractivity contribution in [3.05, 3.63) is 29.8 Å². The molecule has 1 amide bonds. The first-order chi connectivity index (χ1) is 11.3. The van der Waals surface area contributed by atoms with Gasteiger partial charge < -0.3 is 14.8 Å². The van der Waals surface area contributed by atoms with Crippen LogP contribution in [0.3, 0.4) is 0 Å². The Kier molecular flexibility index (Phi) is 5.86. The molecule has 0 radical (unpaired) electrons. The van der Waals surface area contributed by atoms with Crippen LogP contribution in [0.15, 0.2) is 34.7 Å². The Morgan fingerprint density at radius 3 is 2.87 bits per heavy atom. The van der Waals surface area contributed by atoms with Crippen molar-refractivity contribution < 1.29 is 14.3 Å². The molecule has 0 bridgehead atoms. The topological polar surface area (TPSA) is 47.6 Å². The normalized spacial score (nSPS) is 16.6. The van der Waals surface area contributed by atoms with Crippen LogP contribution in [0.4, 0.5) is 0 Å². The number of fused-ring (bicyclic) bond motifs is 1. The second-order valence-electron chi connectivity index (χ2n) is 5.80. The molecule has 5 heteroatoms. The van der Waals surface area contributed by atoms with Crippen molar-refractivity contribution in [1.29, 1.82) is 0 Å². The average molecular weight is 333 g/mol. The molecular weight excluding hydrogens is 310 g/mol. The molecule has 1 aromatic carbocycles. The lowest BCUT2D eigenvalue weighted by molar-refractivity contribution is -0.118. The highest BCUT2D eigenvalue weighted by Gasteiger charge is 2.12. The minimum absolute atomic E-state index is 0.0845. The summed E-state index contributed by atoms with van der Waals surface area (Å²) in [4.78, 5) is 13.0. The lowest BCUT2D eigenvalue weighted by atomic mass is 9.97. The Hall–Kier alpha value is -1.62. The van der Waals surface area contributed by atoms with Gasteiger partial charge in [0.25, 0.3) is 0 Å². The van der Waals surface area contributed by atoms with Gasteiger partial charge in [0.2, 0.25) is 5.91 Å². The van der Waals surface area contributed by atoms with E-state index in [1.165, 1.54) is 43.0 Å². The van der Waals surface area contributed by atoms with Crippen molar-refractivity contribution in [2.45, 2.75) is 37.0 Å². The number of thioether (sulfide) groups is 1. The summed E-state index contributed by atoms with van der Waals surface area (Å²) in [6.07, 6.45) is 8.31. The van der Waals surface area contributed by atoms with E-state index in [1.54, 1.807) is 0 Å². The Balaban J connectivity index is 1.39. The average Bonchev–Trinajstić information content (AvgIpc) is 2.61. The Morgan fingerprint density at radius 1 is 1.17 bits per heavy atom. The van der Waals surface area contributed by atoms with Crippen LogP contribution in [-0.2, 0) is 4.79 Å². The minimum atomic E-state index is 0.0845. The maximum atomic E-state index is 11.9. The summed E-state index contributed by atoms with van der Waals surface area (Å²) in [5.74, 6) is 2.07. The van der Waals surface area contributed by atoms with Gasteiger partial charge in [-0.05, 0) is 50.3 Å². The van der Waals surface area contributed by atoms with Crippen molar-refractivity contribution in [1.82, 2.24) is 5.32 Å². The van der Waals surface area contributed by atoms with Crippen LogP contribution in [-0.4, -0.2) is 31.4 Å². The number of carbonyl (C=O) groups is 1. The molecule has 1 aliphatic carbocycles. The number of hydrogen-bond donors (Lipinski definition) is 1. The van der Waals surface area contributed by atoms with Gasteiger partial charge in [-0.1, -0.05) is 11.6 Å². The first-order valence-electron chi connectivity index (χ1n) is 8.28. The molecule has 0 saturated heterocycles. The highest BCUT2D eigenvalue weighted by molar-refractivity contribution is 8.00. The second-order valence-corrected chi connectivity index (χ2v) is 6.85. The zero-order chi connectivity index (χ0) is 15.9. The SMILES string of the molecule is O=C(CSc1ccc2c(c1)OCCO2)NCCC1=CCCCC1. The number of hydrogen-bond acceptors (Lipinski definition) is 4. The molecule has 0 fully saturated rings. The monoisotopic (exact) mass is 333 g/mol. The van der Waals surface area contributed by atoms with Crippen LogP contribution in [0.1, 0.15) is 32.1 Å². The summed E-state index contributed by atoms with van der Waals surface area (Å²) in [5.41, 5.74) is 1.50. The molecule has 0 unspecified atom stereocenters. The minimum Gasteiger partial charge on any atom is -0.486 e. The van der Waals surface area contributed by atoms with Crippen molar-refractivity contribution in [3.8, 4) is 11.5 Å². The van der Waals surface area contributed by atoms with Crippen molar-refractivity contribution in [2.75, 3.05) is 25.5 Å². The summed E-state index contributed by atoms with van der Waals surface area (Å²) in [7, 11) is 0. The van der Waals surface area contributed by atoms with Gasteiger partial charge in [-0.25, -0.2) is 0 Å². The van der Waals surface area contributed by atoms with Gasteiger partial charge in [-0.2, -0.15) is 0 Å². The smallest absolute Gasteiger partial charge is 0.230 e. The third-order valence-electron chi connectivity index (χ3n) is 4.04. The first kappa shape index (κ1) is 16.2. The molecule has 0 atom stereocenters. The fourth-order valence-corrected chi connectivity index (χ4v) is 3.56. The molecule has 4 nitrogen and oxygen atoms in total. The van der Waals surface area contributed by atoms with E-state index in [0.29, 0.717) is 19.0 Å². The summed E-state index contributed by atoms with van der Waals surface area (Å²) in [5, 5.41) is 3.01. The lowest BCUT2D eigenvalue weighted by Crippen LogP contribution is -2.26. The molecular formula is C18H23NO3S. The number of ether oxygens (including phenoxy) is 2. The third-order valence-corrected chi connectivity index (χ3v) is 5.03.